The van der Waals surface area contributed by atoms with Gasteiger partial charge >= 0.3 is 0 Å². The first-order valence-corrected chi connectivity index (χ1v) is 10.3. The molecular formula is C20H24N2O3S. The van der Waals surface area contributed by atoms with E-state index in [0.29, 0.717) is 18.8 Å². The lowest BCUT2D eigenvalue weighted by Gasteiger charge is -2.25. The largest absolute Gasteiger partial charge is 0.326 e. The van der Waals surface area contributed by atoms with Crippen molar-refractivity contribution in [2.75, 3.05) is 18.4 Å². The zero-order valence-corrected chi connectivity index (χ0v) is 15.8. The molecule has 1 N–H and O–H groups in total. The average Bonchev–Trinajstić information content (AvgIpc) is 2.65. The summed E-state index contributed by atoms with van der Waals surface area (Å²) in [5.41, 5.74) is 2.69. The lowest BCUT2D eigenvalue weighted by molar-refractivity contribution is -0.115. The number of hydrogen-bond acceptors (Lipinski definition) is 3. The second-order valence-electron chi connectivity index (χ2n) is 6.70. The lowest BCUT2D eigenvalue weighted by Crippen LogP contribution is -2.35. The van der Waals surface area contributed by atoms with Crippen LogP contribution in [0.5, 0.6) is 0 Å². The number of aryl methyl sites for hydroxylation is 1. The van der Waals surface area contributed by atoms with Gasteiger partial charge in [-0.25, -0.2) is 8.42 Å². The number of amides is 1. The van der Waals surface area contributed by atoms with Crippen molar-refractivity contribution in [2.45, 2.75) is 37.5 Å². The molecule has 5 nitrogen and oxygen atoms in total. The van der Waals surface area contributed by atoms with Gasteiger partial charge in [0.2, 0.25) is 15.9 Å². The number of benzene rings is 2. The van der Waals surface area contributed by atoms with E-state index in [1.807, 2.05) is 31.2 Å². The van der Waals surface area contributed by atoms with Gasteiger partial charge in [-0.3, -0.25) is 4.79 Å². The Balaban J connectivity index is 1.63. The number of nitrogens with zero attached hydrogens (tertiary/aromatic N) is 1. The number of carbonyl (C=O) groups excluding carboxylic acids is 1. The van der Waals surface area contributed by atoms with Crippen molar-refractivity contribution in [1.29, 1.82) is 0 Å². The van der Waals surface area contributed by atoms with Gasteiger partial charge in [0.25, 0.3) is 0 Å². The first-order chi connectivity index (χ1) is 12.4. The molecule has 26 heavy (non-hydrogen) atoms. The topological polar surface area (TPSA) is 66.5 Å². The molecule has 1 heterocycles. The zero-order chi connectivity index (χ0) is 18.6. The van der Waals surface area contributed by atoms with E-state index in [0.717, 1.165) is 30.4 Å². The van der Waals surface area contributed by atoms with Crippen molar-refractivity contribution in [3.8, 4) is 0 Å². The molecule has 0 unspecified atom stereocenters. The normalized spacial score (nSPS) is 15.6. The molecular weight excluding hydrogens is 348 g/mol. The van der Waals surface area contributed by atoms with E-state index >= 15 is 0 Å². The van der Waals surface area contributed by atoms with Gasteiger partial charge in [-0.1, -0.05) is 36.2 Å². The highest BCUT2D eigenvalue weighted by atomic mass is 32.2. The van der Waals surface area contributed by atoms with Gasteiger partial charge in [0.15, 0.2) is 0 Å². The molecule has 0 aromatic heterocycles. The van der Waals surface area contributed by atoms with Crippen LogP contribution in [0.2, 0.25) is 0 Å². The van der Waals surface area contributed by atoms with E-state index in [1.54, 1.807) is 28.6 Å². The summed E-state index contributed by atoms with van der Waals surface area (Å²) in [6, 6.07) is 14.2. The molecule has 6 heteroatoms. The number of anilines is 1. The molecule has 1 aliphatic heterocycles. The summed E-state index contributed by atoms with van der Waals surface area (Å²) in [6.45, 7) is 3.16. The molecule has 0 radical (unpaired) electrons. The predicted octanol–water partition coefficient (Wildman–Crippen LogP) is 3.35. The molecule has 1 aliphatic rings. The average molecular weight is 372 g/mol. The van der Waals surface area contributed by atoms with Crippen molar-refractivity contribution in [3.63, 3.8) is 0 Å². The van der Waals surface area contributed by atoms with E-state index in [-0.39, 0.29) is 17.2 Å². The minimum atomic E-state index is -3.44. The van der Waals surface area contributed by atoms with E-state index < -0.39 is 10.0 Å². The van der Waals surface area contributed by atoms with Crippen LogP contribution in [0.1, 0.15) is 30.4 Å². The maximum atomic E-state index is 12.6. The Morgan fingerprint density at radius 2 is 1.58 bits per heavy atom. The van der Waals surface area contributed by atoms with E-state index in [1.165, 1.54) is 0 Å². The van der Waals surface area contributed by atoms with Crippen LogP contribution in [-0.4, -0.2) is 31.7 Å². The Labute approximate surface area is 155 Å². The zero-order valence-electron chi connectivity index (χ0n) is 14.9. The molecule has 138 valence electrons. The van der Waals surface area contributed by atoms with Crippen molar-refractivity contribution in [1.82, 2.24) is 4.31 Å². The van der Waals surface area contributed by atoms with Crippen molar-refractivity contribution >= 4 is 21.6 Å². The first kappa shape index (κ1) is 18.6. The maximum absolute atomic E-state index is 12.6. The molecule has 2 aromatic rings. The quantitative estimate of drug-likeness (QED) is 0.875. The van der Waals surface area contributed by atoms with Crippen LogP contribution < -0.4 is 5.32 Å². The molecule has 1 amide bonds. The predicted molar refractivity (Wildman–Crippen MR) is 103 cm³/mol. The number of piperidine rings is 1. The number of carbonyl (C=O) groups is 1. The SMILES string of the molecule is Cc1ccc(CC(=O)Nc2ccc(S(=O)(=O)N3CCCCC3)cc2)cc1. The molecule has 0 saturated carbocycles. The Kier molecular flexibility index (Phi) is 5.74. The molecule has 0 bridgehead atoms. The van der Waals surface area contributed by atoms with Crippen LogP contribution in [0.3, 0.4) is 0 Å². The molecule has 0 spiro atoms. The van der Waals surface area contributed by atoms with Crippen LogP contribution in [0.15, 0.2) is 53.4 Å². The highest BCUT2D eigenvalue weighted by molar-refractivity contribution is 7.89. The molecule has 0 atom stereocenters. The van der Waals surface area contributed by atoms with Gasteiger partial charge < -0.3 is 5.32 Å². The fraction of sp³-hybridized carbons (Fsp3) is 0.350. The summed E-state index contributed by atoms with van der Waals surface area (Å²) in [4.78, 5) is 12.4. The summed E-state index contributed by atoms with van der Waals surface area (Å²) in [6.07, 6.45) is 3.19. The van der Waals surface area contributed by atoms with E-state index in [9.17, 15) is 13.2 Å². The van der Waals surface area contributed by atoms with Gasteiger partial charge in [-0.2, -0.15) is 4.31 Å². The first-order valence-electron chi connectivity index (χ1n) is 8.91. The van der Waals surface area contributed by atoms with Gasteiger partial charge in [-0.05, 0) is 49.6 Å². The Morgan fingerprint density at radius 1 is 0.962 bits per heavy atom. The number of rotatable bonds is 5. The number of sulfonamides is 1. The van der Waals surface area contributed by atoms with Crippen LogP contribution in [-0.2, 0) is 21.2 Å². The van der Waals surface area contributed by atoms with Crippen LogP contribution in [0.4, 0.5) is 5.69 Å². The second kappa shape index (κ2) is 8.01. The van der Waals surface area contributed by atoms with Gasteiger partial charge in [-0.15, -0.1) is 0 Å². The van der Waals surface area contributed by atoms with E-state index in [4.69, 9.17) is 0 Å². The van der Waals surface area contributed by atoms with Crippen LogP contribution in [0, 0.1) is 6.92 Å². The highest BCUT2D eigenvalue weighted by Gasteiger charge is 2.25. The van der Waals surface area contributed by atoms with Gasteiger partial charge in [0.1, 0.15) is 0 Å². The van der Waals surface area contributed by atoms with Crippen molar-refractivity contribution in [3.05, 3.63) is 59.7 Å². The summed E-state index contributed by atoms with van der Waals surface area (Å²) >= 11 is 0. The second-order valence-corrected chi connectivity index (χ2v) is 8.64. The fourth-order valence-electron chi connectivity index (χ4n) is 3.06. The minimum Gasteiger partial charge on any atom is -0.326 e. The summed E-state index contributed by atoms with van der Waals surface area (Å²) in [5.74, 6) is -0.125. The Hall–Kier alpha value is -2.18. The monoisotopic (exact) mass is 372 g/mol. The summed E-state index contributed by atoms with van der Waals surface area (Å²) in [7, 11) is -3.44. The summed E-state index contributed by atoms with van der Waals surface area (Å²) < 4.78 is 26.8. The van der Waals surface area contributed by atoms with Crippen molar-refractivity contribution < 1.29 is 13.2 Å². The summed E-state index contributed by atoms with van der Waals surface area (Å²) in [5, 5.41) is 2.82. The highest BCUT2D eigenvalue weighted by Crippen LogP contribution is 2.22. The van der Waals surface area contributed by atoms with E-state index in [2.05, 4.69) is 5.32 Å². The number of hydrogen-bond donors (Lipinski definition) is 1. The smallest absolute Gasteiger partial charge is 0.243 e. The standard InChI is InChI=1S/C20H24N2O3S/c1-16-5-7-17(8-6-16)15-20(23)21-18-9-11-19(12-10-18)26(24,25)22-13-3-2-4-14-22/h5-12H,2-4,13-15H2,1H3,(H,21,23). The maximum Gasteiger partial charge on any atom is 0.243 e. The van der Waals surface area contributed by atoms with Crippen LogP contribution >= 0.6 is 0 Å². The van der Waals surface area contributed by atoms with Crippen molar-refractivity contribution in [2.24, 2.45) is 0 Å². The third kappa shape index (κ3) is 4.51. The molecule has 1 fully saturated rings. The lowest BCUT2D eigenvalue weighted by atomic mass is 10.1. The Morgan fingerprint density at radius 3 is 2.19 bits per heavy atom. The third-order valence-electron chi connectivity index (χ3n) is 4.58. The molecule has 0 aliphatic carbocycles. The molecule has 1 saturated heterocycles. The van der Waals surface area contributed by atoms with Gasteiger partial charge in [0, 0.05) is 18.8 Å². The minimum absolute atomic E-state index is 0.125. The Bertz CT molecular complexity index is 853. The van der Waals surface area contributed by atoms with Gasteiger partial charge in [0.05, 0.1) is 11.3 Å². The third-order valence-corrected chi connectivity index (χ3v) is 6.49. The fourth-order valence-corrected chi connectivity index (χ4v) is 4.58. The van der Waals surface area contributed by atoms with Crippen LogP contribution in [0.25, 0.3) is 0 Å². The number of nitrogens with one attached hydrogen (secondary N) is 1. The molecule has 3 rings (SSSR count). The molecule has 2 aromatic carbocycles.